The van der Waals surface area contributed by atoms with Gasteiger partial charge in [0, 0.05) is 62.1 Å². The van der Waals surface area contributed by atoms with Gasteiger partial charge in [0.25, 0.3) is 11.8 Å². The number of amides is 2. The van der Waals surface area contributed by atoms with Crippen molar-refractivity contribution in [2.24, 2.45) is 0 Å². The quantitative estimate of drug-likeness (QED) is 0.620. The van der Waals surface area contributed by atoms with Gasteiger partial charge in [-0.3, -0.25) is 9.59 Å². The van der Waals surface area contributed by atoms with Gasteiger partial charge in [0.05, 0.1) is 11.8 Å². The number of carbonyl (C=O) groups excluding carboxylic acids is 2. The van der Waals surface area contributed by atoms with Crippen LogP contribution in [0.15, 0.2) is 42.6 Å². The van der Waals surface area contributed by atoms with Gasteiger partial charge in [-0.25, -0.2) is 4.98 Å². The van der Waals surface area contributed by atoms with Crippen molar-refractivity contribution in [2.75, 3.05) is 42.9 Å². The molecule has 1 aromatic heterocycles. The number of aliphatic hydroxyl groups is 1. The molecule has 0 aliphatic carbocycles. The van der Waals surface area contributed by atoms with E-state index in [2.05, 4.69) is 29.0 Å². The summed E-state index contributed by atoms with van der Waals surface area (Å²) in [7, 11) is 0. The molecule has 1 aliphatic heterocycles. The molecule has 3 rings (SSSR count). The summed E-state index contributed by atoms with van der Waals surface area (Å²) >= 11 is 0. The number of pyridine rings is 1. The van der Waals surface area contributed by atoms with Crippen molar-refractivity contribution >= 4 is 23.3 Å². The number of aromatic nitrogens is 1. The molecule has 2 amide bonds. The molecule has 2 heterocycles. The molecule has 2 aromatic rings. The predicted octanol–water partition coefficient (Wildman–Crippen LogP) is 3.10. The van der Waals surface area contributed by atoms with Crippen LogP contribution in [0.1, 0.15) is 55.3 Å². The van der Waals surface area contributed by atoms with E-state index in [0.29, 0.717) is 43.3 Å². The highest BCUT2D eigenvalue weighted by Gasteiger charge is 2.25. The Morgan fingerprint density at radius 2 is 1.62 bits per heavy atom. The third kappa shape index (κ3) is 6.26. The summed E-state index contributed by atoms with van der Waals surface area (Å²) in [6.45, 7) is 12.6. The van der Waals surface area contributed by atoms with Gasteiger partial charge in [-0.2, -0.15) is 0 Å². The number of nitrogens with one attached hydrogen (secondary N) is 1. The van der Waals surface area contributed by atoms with Gasteiger partial charge in [0.15, 0.2) is 5.82 Å². The van der Waals surface area contributed by atoms with Crippen LogP contribution in [0.5, 0.6) is 0 Å². The van der Waals surface area contributed by atoms with E-state index in [-0.39, 0.29) is 24.4 Å². The van der Waals surface area contributed by atoms with E-state index in [1.165, 1.54) is 0 Å². The van der Waals surface area contributed by atoms with E-state index in [0.717, 1.165) is 11.5 Å². The minimum Gasteiger partial charge on any atom is -0.392 e. The topological polar surface area (TPSA) is 89.0 Å². The molecule has 0 saturated carbocycles. The zero-order chi connectivity index (χ0) is 24.8. The summed E-state index contributed by atoms with van der Waals surface area (Å²) in [6, 6.07) is 11.0. The van der Waals surface area contributed by atoms with E-state index < -0.39 is 6.10 Å². The number of aliphatic hydroxyl groups excluding tert-OH is 1. The van der Waals surface area contributed by atoms with E-state index in [9.17, 15) is 14.7 Å². The van der Waals surface area contributed by atoms with Crippen molar-refractivity contribution in [3.63, 3.8) is 0 Å². The Balaban J connectivity index is 1.63. The minimum absolute atomic E-state index is 0.0323. The third-order valence-corrected chi connectivity index (χ3v) is 5.82. The number of benzene rings is 1. The Bertz CT molecular complexity index is 967. The van der Waals surface area contributed by atoms with Gasteiger partial charge in [-0.1, -0.05) is 0 Å². The van der Waals surface area contributed by atoms with Crippen LogP contribution in [-0.4, -0.2) is 82.6 Å². The Morgan fingerprint density at radius 3 is 2.18 bits per heavy atom. The van der Waals surface area contributed by atoms with Gasteiger partial charge < -0.3 is 25.1 Å². The largest absolute Gasteiger partial charge is 0.392 e. The Hall–Kier alpha value is -3.13. The summed E-state index contributed by atoms with van der Waals surface area (Å²) in [5, 5.41) is 13.2. The van der Waals surface area contributed by atoms with Crippen LogP contribution in [0.2, 0.25) is 0 Å². The minimum atomic E-state index is -0.603. The fraction of sp³-hybridized carbons (Fsp3) is 0.500. The lowest BCUT2D eigenvalue weighted by atomic mass is 10.1. The van der Waals surface area contributed by atoms with E-state index in [4.69, 9.17) is 0 Å². The maximum atomic E-state index is 13.1. The number of anilines is 2. The fourth-order valence-corrected chi connectivity index (χ4v) is 4.11. The molecular weight excluding hydrogens is 430 g/mol. The van der Waals surface area contributed by atoms with Crippen molar-refractivity contribution in [3.8, 4) is 0 Å². The molecule has 0 spiro atoms. The standard InChI is InChI=1S/C26H37N5O3/c1-18(2)28-23-7-6-12-27-24(23)29-13-15-30(16-14-29)25(33)21-8-10-22(11-9-21)26(34)31(19(3)4)17-20(5)32/h6-12,18-20,28,32H,13-17H2,1-5H3. The monoisotopic (exact) mass is 467 g/mol. The molecule has 2 N–H and O–H groups in total. The third-order valence-electron chi connectivity index (χ3n) is 5.82. The lowest BCUT2D eigenvalue weighted by Gasteiger charge is -2.36. The first-order valence-electron chi connectivity index (χ1n) is 12.0. The zero-order valence-corrected chi connectivity index (χ0v) is 20.9. The average molecular weight is 468 g/mol. The van der Waals surface area contributed by atoms with Crippen molar-refractivity contribution in [2.45, 2.75) is 52.8 Å². The number of piperazine rings is 1. The first-order chi connectivity index (χ1) is 16.2. The van der Waals surface area contributed by atoms with Crippen molar-refractivity contribution in [1.82, 2.24) is 14.8 Å². The highest BCUT2D eigenvalue weighted by molar-refractivity contribution is 5.98. The lowest BCUT2D eigenvalue weighted by molar-refractivity contribution is 0.0578. The van der Waals surface area contributed by atoms with Gasteiger partial charge in [0.2, 0.25) is 0 Å². The molecule has 0 radical (unpaired) electrons. The summed E-state index contributed by atoms with van der Waals surface area (Å²) in [4.78, 5) is 36.2. The molecule has 1 aromatic carbocycles. The van der Waals surface area contributed by atoms with Gasteiger partial charge in [-0.05, 0) is 71.0 Å². The first kappa shape index (κ1) is 25.5. The number of rotatable bonds is 8. The predicted molar refractivity (Wildman–Crippen MR) is 135 cm³/mol. The molecule has 1 saturated heterocycles. The van der Waals surface area contributed by atoms with Crippen LogP contribution in [0.3, 0.4) is 0 Å². The second-order valence-corrected chi connectivity index (χ2v) is 9.43. The second kappa shape index (κ2) is 11.3. The molecule has 0 bridgehead atoms. The molecule has 34 heavy (non-hydrogen) atoms. The van der Waals surface area contributed by atoms with Crippen molar-refractivity contribution < 1.29 is 14.7 Å². The van der Waals surface area contributed by atoms with Crippen LogP contribution >= 0.6 is 0 Å². The van der Waals surface area contributed by atoms with Crippen LogP contribution in [-0.2, 0) is 0 Å². The summed E-state index contributed by atoms with van der Waals surface area (Å²) < 4.78 is 0. The zero-order valence-electron chi connectivity index (χ0n) is 20.9. The highest BCUT2D eigenvalue weighted by Crippen LogP contribution is 2.25. The molecule has 1 aliphatic rings. The number of hydrogen-bond donors (Lipinski definition) is 2. The summed E-state index contributed by atoms with van der Waals surface area (Å²) in [5.74, 6) is 0.729. The van der Waals surface area contributed by atoms with Crippen LogP contribution in [0.25, 0.3) is 0 Å². The maximum absolute atomic E-state index is 13.1. The molecule has 8 heteroatoms. The van der Waals surface area contributed by atoms with Gasteiger partial charge >= 0.3 is 0 Å². The second-order valence-electron chi connectivity index (χ2n) is 9.43. The Labute approximate surface area is 202 Å². The van der Waals surface area contributed by atoms with E-state index in [1.807, 2.05) is 30.9 Å². The normalized spacial score (nSPS) is 14.9. The van der Waals surface area contributed by atoms with Crippen LogP contribution < -0.4 is 10.2 Å². The van der Waals surface area contributed by atoms with Crippen LogP contribution in [0, 0.1) is 0 Å². The first-order valence-corrected chi connectivity index (χ1v) is 12.0. The summed E-state index contributed by atoms with van der Waals surface area (Å²) in [6.07, 6.45) is 1.19. The average Bonchev–Trinajstić information content (AvgIpc) is 2.81. The molecule has 8 nitrogen and oxygen atoms in total. The van der Waals surface area contributed by atoms with Crippen molar-refractivity contribution in [1.29, 1.82) is 0 Å². The van der Waals surface area contributed by atoms with Crippen LogP contribution in [0.4, 0.5) is 11.5 Å². The molecule has 184 valence electrons. The molecule has 1 unspecified atom stereocenters. The van der Waals surface area contributed by atoms with Crippen molar-refractivity contribution in [3.05, 3.63) is 53.7 Å². The maximum Gasteiger partial charge on any atom is 0.254 e. The number of carbonyl (C=O) groups is 2. The molecule has 1 fully saturated rings. The van der Waals surface area contributed by atoms with Gasteiger partial charge in [0.1, 0.15) is 0 Å². The fourth-order valence-electron chi connectivity index (χ4n) is 4.11. The summed E-state index contributed by atoms with van der Waals surface area (Å²) in [5.41, 5.74) is 2.08. The smallest absolute Gasteiger partial charge is 0.254 e. The molecule has 1 atom stereocenters. The Morgan fingerprint density at radius 1 is 1.00 bits per heavy atom. The van der Waals surface area contributed by atoms with Gasteiger partial charge in [-0.15, -0.1) is 0 Å². The number of hydrogen-bond acceptors (Lipinski definition) is 6. The molecular formula is C26H37N5O3. The van der Waals surface area contributed by atoms with E-state index >= 15 is 0 Å². The Kier molecular flexibility index (Phi) is 8.50. The highest BCUT2D eigenvalue weighted by atomic mass is 16.3. The lowest BCUT2D eigenvalue weighted by Crippen LogP contribution is -2.49. The SMILES string of the molecule is CC(O)CN(C(=O)c1ccc(C(=O)N2CCN(c3ncccc3NC(C)C)CC2)cc1)C(C)C. The van der Waals surface area contributed by atoms with E-state index in [1.54, 1.807) is 42.3 Å². The number of nitrogens with zero attached hydrogens (tertiary/aromatic N) is 4.